The molecular formula is C25H39IN6. The van der Waals surface area contributed by atoms with Crippen LogP contribution in [0.4, 0.5) is 5.82 Å². The molecule has 1 atom stereocenters. The minimum atomic E-state index is -0.0763. The summed E-state index contributed by atoms with van der Waals surface area (Å²) in [6.07, 6.45) is 2.14. The van der Waals surface area contributed by atoms with Crippen molar-refractivity contribution < 1.29 is 0 Å². The molecule has 1 aromatic carbocycles. The molecular weight excluding hydrogens is 511 g/mol. The standard InChI is InChI=1S/C25H38N6.HI/c1-19-10-9-13-23(28-19)31-16-14-22(15-17-31)29-24(26-5)27-18-25(3,4)30-20(2)21-11-7-6-8-12-21;/h6-13,20,22,30H,14-18H2,1-5H3,(H2,26,27,29);1H. The van der Waals surface area contributed by atoms with Crippen LogP contribution in [0.5, 0.6) is 0 Å². The number of hydrogen-bond donors (Lipinski definition) is 3. The molecule has 176 valence electrons. The average Bonchev–Trinajstić information content (AvgIpc) is 2.77. The molecule has 1 unspecified atom stereocenters. The van der Waals surface area contributed by atoms with Crippen LogP contribution >= 0.6 is 24.0 Å². The molecule has 7 heteroatoms. The average molecular weight is 551 g/mol. The molecule has 0 bridgehead atoms. The zero-order valence-electron chi connectivity index (χ0n) is 20.1. The van der Waals surface area contributed by atoms with Crippen LogP contribution in [-0.2, 0) is 0 Å². The molecule has 1 aliphatic heterocycles. The molecule has 2 heterocycles. The van der Waals surface area contributed by atoms with Gasteiger partial charge in [-0.15, -0.1) is 24.0 Å². The predicted molar refractivity (Wildman–Crippen MR) is 146 cm³/mol. The lowest BCUT2D eigenvalue weighted by molar-refractivity contribution is 0.343. The maximum atomic E-state index is 4.66. The summed E-state index contributed by atoms with van der Waals surface area (Å²) in [4.78, 5) is 11.5. The highest BCUT2D eigenvalue weighted by Gasteiger charge is 2.23. The molecule has 0 amide bonds. The second-order valence-electron chi connectivity index (χ2n) is 9.13. The third-order valence-electron chi connectivity index (χ3n) is 5.86. The lowest BCUT2D eigenvalue weighted by Crippen LogP contribution is -2.54. The van der Waals surface area contributed by atoms with Crippen molar-refractivity contribution in [3.8, 4) is 0 Å². The summed E-state index contributed by atoms with van der Waals surface area (Å²) < 4.78 is 0. The number of aromatic nitrogens is 1. The van der Waals surface area contributed by atoms with Crippen molar-refractivity contribution in [1.29, 1.82) is 0 Å². The van der Waals surface area contributed by atoms with Gasteiger partial charge in [0, 0.05) is 50.0 Å². The molecule has 0 aliphatic carbocycles. The van der Waals surface area contributed by atoms with E-state index in [4.69, 9.17) is 0 Å². The van der Waals surface area contributed by atoms with Crippen LogP contribution in [0.25, 0.3) is 0 Å². The van der Waals surface area contributed by atoms with Gasteiger partial charge in [0.2, 0.25) is 0 Å². The molecule has 2 aromatic rings. The Morgan fingerprint density at radius 2 is 1.81 bits per heavy atom. The number of benzene rings is 1. The molecule has 1 aromatic heterocycles. The summed E-state index contributed by atoms with van der Waals surface area (Å²) in [7, 11) is 1.84. The van der Waals surface area contributed by atoms with E-state index in [-0.39, 0.29) is 35.6 Å². The van der Waals surface area contributed by atoms with Gasteiger partial charge < -0.3 is 20.9 Å². The number of nitrogens with one attached hydrogen (secondary N) is 3. The van der Waals surface area contributed by atoms with Crippen molar-refractivity contribution in [3.63, 3.8) is 0 Å². The monoisotopic (exact) mass is 550 g/mol. The first-order valence-electron chi connectivity index (χ1n) is 11.3. The van der Waals surface area contributed by atoms with Gasteiger partial charge in [0.1, 0.15) is 5.82 Å². The van der Waals surface area contributed by atoms with E-state index < -0.39 is 0 Å². The van der Waals surface area contributed by atoms with Crippen molar-refractivity contribution in [2.24, 2.45) is 4.99 Å². The Hall–Kier alpha value is -1.87. The first-order chi connectivity index (χ1) is 14.9. The zero-order valence-corrected chi connectivity index (χ0v) is 22.4. The van der Waals surface area contributed by atoms with Crippen LogP contribution in [0.3, 0.4) is 0 Å². The number of guanidine groups is 1. The van der Waals surface area contributed by atoms with Gasteiger partial charge in [0.05, 0.1) is 0 Å². The largest absolute Gasteiger partial charge is 0.356 e. The number of nitrogens with zero attached hydrogens (tertiary/aromatic N) is 3. The van der Waals surface area contributed by atoms with Crippen molar-refractivity contribution in [3.05, 3.63) is 59.8 Å². The minimum Gasteiger partial charge on any atom is -0.356 e. The third-order valence-corrected chi connectivity index (χ3v) is 5.86. The third kappa shape index (κ3) is 7.92. The summed E-state index contributed by atoms with van der Waals surface area (Å²) >= 11 is 0. The quantitative estimate of drug-likeness (QED) is 0.273. The van der Waals surface area contributed by atoms with E-state index in [0.29, 0.717) is 6.04 Å². The molecule has 32 heavy (non-hydrogen) atoms. The first-order valence-corrected chi connectivity index (χ1v) is 11.3. The molecule has 1 saturated heterocycles. The van der Waals surface area contributed by atoms with Crippen molar-refractivity contribution in [2.45, 2.75) is 58.2 Å². The number of rotatable bonds is 7. The number of hydrogen-bond acceptors (Lipinski definition) is 4. The zero-order chi connectivity index (χ0) is 22.3. The van der Waals surface area contributed by atoms with E-state index in [1.54, 1.807) is 0 Å². The number of anilines is 1. The fourth-order valence-corrected chi connectivity index (χ4v) is 4.11. The summed E-state index contributed by atoms with van der Waals surface area (Å²) in [5, 5.41) is 10.9. The fraction of sp³-hybridized carbons (Fsp3) is 0.520. The maximum absolute atomic E-state index is 4.66. The number of halogens is 1. The van der Waals surface area contributed by atoms with Gasteiger partial charge >= 0.3 is 0 Å². The van der Waals surface area contributed by atoms with E-state index >= 15 is 0 Å². The summed E-state index contributed by atoms with van der Waals surface area (Å²) in [5.74, 6) is 1.95. The Labute approximate surface area is 210 Å². The highest BCUT2D eigenvalue weighted by Crippen LogP contribution is 2.18. The molecule has 3 N–H and O–H groups in total. The molecule has 1 fully saturated rings. The van der Waals surface area contributed by atoms with Crippen LogP contribution in [0.1, 0.15) is 50.9 Å². The highest BCUT2D eigenvalue weighted by atomic mass is 127. The second-order valence-corrected chi connectivity index (χ2v) is 9.13. The summed E-state index contributed by atoms with van der Waals surface area (Å²) in [5.41, 5.74) is 2.29. The fourth-order valence-electron chi connectivity index (χ4n) is 4.11. The Morgan fingerprint density at radius 1 is 1.12 bits per heavy atom. The van der Waals surface area contributed by atoms with E-state index in [2.05, 4.69) is 94.1 Å². The SMILES string of the molecule is CN=C(NCC(C)(C)NC(C)c1ccccc1)NC1CCN(c2cccc(C)n2)CC1.I. The molecule has 0 radical (unpaired) electrons. The van der Waals surface area contributed by atoms with Crippen LogP contribution in [0, 0.1) is 6.92 Å². The van der Waals surface area contributed by atoms with Crippen LogP contribution in [0.2, 0.25) is 0 Å². The van der Waals surface area contributed by atoms with Crippen LogP contribution in [0.15, 0.2) is 53.5 Å². The Balaban J connectivity index is 0.00000363. The van der Waals surface area contributed by atoms with E-state index in [9.17, 15) is 0 Å². The summed E-state index contributed by atoms with van der Waals surface area (Å²) in [6, 6.07) is 17.5. The summed E-state index contributed by atoms with van der Waals surface area (Å²) in [6.45, 7) is 11.5. The number of aliphatic imine (C=N–C) groups is 1. The normalized spacial score (nSPS) is 16.3. The van der Waals surface area contributed by atoms with Crippen LogP contribution < -0.4 is 20.9 Å². The molecule has 1 aliphatic rings. The van der Waals surface area contributed by atoms with E-state index in [0.717, 1.165) is 49.9 Å². The highest BCUT2D eigenvalue weighted by molar-refractivity contribution is 14.0. The van der Waals surface area contributed by atoms with Gasteiger partial charge in [-0.25, -0.2) is 4.98 Å². The first kappa shape index (κ1) is 26.4. The molecule has 3 rings (SSSR count). The van der Waals surface area contributed by atoms with E-state index in [1.165, 1.54) is 5.56 Å². The Morgan fingerprint density at radius 3 is 2.44 bits per heavy atom. The number of piperidine rings is 1. The van der Waals surface area contributed by atoms with Crippen molar-refractivity contribution >= 4 is 35.8 Å². The smallest absolute Gasteiger partial charge is 0.191 e. The second kappa shape index (κ2) is 12.4. The van der Waals surface area contributed by atoms with Gasteiger partial charge in [-0.05, 0) is 58.2 Å². The lowest BCUT2D eigenvalue weighted by atomic mass is 10.0. The molecule has 0 spiro atoms. The number of aryl methyl sites for hydroxylation is 1. The van der Waals surface area contributed by atoms with Crippen molar-refractivity contribution in [2.75, 3.05) is 31.6 Å². The predicted octanol–water partition coefficient (Wildman–Crippen LogP) is 4.27. The van der Waals surface area contributed by atoms with Crippen molar-refractivity contribution in [1.82, 2.24) is 20.9 Å². The minimum absolute atomic E-state index is 0. The number of pyridine rings is 1. The van der Waals surface area contributed by atoms with Crippen LogP contribution in [-0.4, -0.2) is 49.2 Å². The molecule has 0 saturated carbocycles. The Kier molecular flexibility index (Phi) is 10.2. The van der Waals surface area contributed by atoms with E-state index in [1.807, 2.05) is 20.0 Å². The molecule has 6 nitrogen and oxygen atoms in total. The van der Waals surface area contributed by atoms with Gasteiger partial charge in [-0.3, -0.25) is 4.99 Å². The lowest BCUT2D eigenvalue weighted by Gasteiger charge is -2.35. The van der Waals surface area contributed by atoms with Gasteiger partial charge in [-0.1, -0.05) is 36.4 Å². The van der Waals surface area contributed by atoms with Gasteiger partial charge in [0.15, 0.2) is 5.96 Å². The maximum Gasteiger partial charge on any atom is 0.191 e. The van der Waals surface area contributed by atoms with Gasteiger partial charge in [0.25, 0.3) is 0 Å². The Bertz CT molecular complexity index is 847. The van der Waals surface area contributed by atoms with Gasteiger partial charge in [-0.2, -0.15) is 0 Å². The topological polar surface area (TPSA) is 64.6 Å².